The molecule has 0 atom stereocenters. The van der Waals surface area contributed by atoms with Crippen LogP contribution in [0.1, 0.15) is 21.7 Å². The highest BCUT2D eigenvalue weighted by Gasteiger charge is 2.18. The summed E-state index contributed by atoms with van der Waals surface area (Å²) >= 11 is 9.04. The summed E-state index contributed by atoms with van der Waals surface area (Å²) in [5.74, 6) is -0.912. The van der Waals surface area contributed by atoms with Gasteiger partial charge in [-0.05, 0) is 41.1 Å². The fourth-order valence-electron chi connectivity index (χ4n) is 1.84. The lowest BCUT2D eigenvalue weighted by molar-refractivity contribution is 0.0986. The van der Waals surface area contributed by atoms with Crippen LogP contribution >= 0.6 is 27.5 Å². The van der Waals surface area contributed by atoms with Crippen molar-refractivity contribution in [2.24, 2.45) is 7.05 Å². The van der Waals surface area contributed by atoms with Crippen molar-refractivity contribution in [3.8, 4) is 0 Å². The molecule has 0 radical (unpaired) electrons. The average Bonchev–Trinajstić information content (AvgIpc) is 2.56. The van der Waals surface area contributed by atoms with Gasteiger partial charge >= 0.3 is 0 Å². The maximum absolute atomic E-state index is 13.7. The van der Waals surface area contributed by atoms with E-state index in [4.69, 9.17) is 11.6 Å². The Kier molecular flexibility index (Phi) is 4.06. The van der Waals surface area contributed by atoms with E-state index in [-0.39, 0.29) is 22.8 Å². The Bertz CT molecular complexity index is 654. The first-order valence-electron chi connectivity index (χ1n) is 5.56. The highest BCUT2D eigenvalue weighted by molar-refractivity contribution is 9.10. The Morgan fingerprint density at radius 3 is 2.74 bits per heavy atom. The molecule has 1 aromatic heterocycles. The molecule has 100 valence electrons. The molecule has 0 saturated carbocycles. The molecule has 6 heteroatoms. The summed E-state index contributed by atoms with van der Waals surface area (Å²) in [7, 11) is 1.75. The van der Waals surface area contributed by atoms with Crippen molar-refractivity contribution >= 4 is 33.3 Å². The van der Waals surface area contributed by atoms with E-state index in [0.29, 0.717) is 0 Å². The highest BCUT2D eigenvalue weighted by Crippen LogP contribution is 2.23. The Balaban J connectivity index is 2.31. The number of halogens is 3. The molecule has 1 aromatic carbocycles. The van der Waals surface area contributed by atoms with Gasteiger partial charge in [0.05, 0.1) is 27.8 Å². The monoisotopic (exact) mass is 344 g/mol. The minimum absolute atomic E-state index is 0.0372. The van der Waals surface area contributed by atoms with Crippen LogP contribution in [0.4, 0.5) is 4.39 Å². The first-order chi connectivity index (χ1) is 8.90. The molecular weight excluding hydrogens is 335 g/mol. The third-order valence-corrected chi connectivity index (χ3v) is 4.09. The summed E-state index contributed by atoms with van der Waals surface area (Å²) < 4.78 is 16.1. The van der Waals surface area contributed by atoms with Crippen LogP contribution in [0, 0.1) is 12.7 Å². The van der Waals surface area contributed by atoms with E-state index in [1.165, 1.54) is 12.1 Å². The average molecular weight is 346 g/mol. The lowest BCUT2D eigenvalue weighted by atomic mass is 10.1. The molecule has 19 heavy (non-hydrogen) atoms. The Hall–Kier alpha value is -1.20. The second kappa shape index (κ2) is 5.43. The minimum Gasteiger partial charge on any atom is -0.294 e. The Labute approximate surface area is 123 Å². The van der Waals surface area contributed by atoms with E-state index >= 15 is 0 Å². The summed E-state index contributed by atoms with van der Waals surface area (Å²) in [6, 6.07) is 4.04. The first-order valence-corrected chi connectivity index (χ1v) is 6.73. The molecule has 2 aromatic rings. The predicted molar refractivity (Wildman–Crippen MR) is 75.1 cm³/mol. The van der Waals surface area contributed by atoms with E-state index in [1.54, 1.807) is 11.7 Å². The molecule has 0 unspecified atom stereocenters. The first kappa shape index (κ1) is 14.2. The van der Waals surface area contributed by atoms with Gasteiger partial charge in [-0.2, -0.15) is 5.10 Å². The number of nitrogens with zero attached hydrogens (tertiary/aromatic N) is 2. The van der Waals surface area contributed by atoms with E-state index in [9.17, 15) is 9.18 Å². The van der Waals surface area contributed by atoms with Gasteiger partial charge in [0, 0.05) is 12.1 Å². The number of carbonyl (C=O) groups excluding carboxylic acids is 1. The summed E-state index contributed by atoms with van der Waals surface area (Å²) in [5, 5.41) is 4.47. The van der Waals surface area contributed by atoms with Crippen molar-refractivity contribution in [3.63, 3.8) is 0 Å². The number of aromatic nitrogens is 2. The van der Waals surface area contributed by atoms with Crippen LogP contribution in [0.15, 0.2) is 22.7 Å². The number of aryl methyl sites for hydroxylation is 2. The molecule has 0 amide bonds. The van der Waals surface area contributed by atoms with Crippen LogP contribution in [-0.2, 0) is 13.5 Å². The van der Waals surface area contributed by atoms with Crippen molar-refractivity contribution < 1.29 is 9.18 Å². The topological polar surface area (TPSA) is 34.9 Å². The maximum atomic E-state index is 13.7. The second-order valence-corrected chi connectivity index (χ2v) is 5.42. The molecule has 0 aliphatic heterocycles. The molecule has 3 nitrogen and oxygen atoms in total. The fourth-order valence-corrected chi connectivity index (χ4v) is 2.47. The van der Waals surface area contributed by atoms with Crippen LogP contribution < -0.4 is 0 Å². The lowest BCUT2D eigenvalue weighted by Crippen LogP contribution is -2.10. The second-order valence-electron chi connectivity index (χ2n) is 4.19. The van der Waals surface area contributed by atoms with Gasteiger partial charge in [-0.15, -0.1) is 0 Å². The SMILES string of the molecule is Cc1nn(C)c(CC(=O)c2ccc(Cl)cc2F)c1Br. The number of benzene rings is 1. The molecule has 0 bridgehead atoms. The molecule has 0 fully saturated rings. The fraction of sp³-hybridized carbons (Fsp3) is 0.231. The zero-order valence-electron chi connectivity index (χ0n) is 10.4. The smallest absolute Gasteiger partial charge is 0.171 e. The summed E-state index contributed by atoms with van der Waals surface area (Å²) in [4.78, 5) is 12.1. The molecule has 0 aliphatic rings. The van der Waals surface area contributed by atoms with Gasteiger partial charge < -0.3 is 0 Å². The van der Waals surface area contributed by atoms with Gasteiger partial charge in [0.15, 0.2) is 5.78 Å². The van der Waals surface area contributed by atoms with Crippen LogP contribution in [0.2, 0.25) is 5.02 Å². The lowest BCUT2D eigenvalue weighted by Gasteiger charge is -2.04. The predicted octanol–water partition coefficient (Wildman–Crippen LogP) is 3.71. The van der Waals surface area contributed by atoms with E-state index in [1.807, 2.05) is 6.92 Å². The van der Waals surface area contributed by atoms with Gasteiger partial charge in [0.1, 0.15) is 5.82 Å². The van der Waals surface area contributed by atoms with E-state index in [0.717, 1.165) is 21.9 Å². The van der Waals surface area contributed by atoms with Crippen LogP contribution in [0.25, 0.3) is 0 Å². The van der Waals surface area contributed by atoms with Crippen molar-refractivity contribution in [2.45, 2.75) is 13.3 Å². The molecule has 0 spiro atoms. The van der Waals surface area contributed by atoms with Gasteiger partial charge in [-0.3, -0.25) is 9.48 Å². The van der Waals surface area contributed by atoms with Gasteiger partial charge in [-0.25, -0.2) is 4.39 Å². The van der Waals surface area contributed by atoms with Crippen molar-refractivity contribution in [2.75, 3.05) is 0 Å². The van der Waals surface area contributed by atoms with Crippen LogP contribution in [-0.4, -0.2) is 15.6 Å². The van der Waals surface area contributed by atoms with Crippen molar-refractivity contribution in [1.82, 2.24) is 9.78 Å². The van der Waals surface area contributed by atoms with E-state index in [2.05, 4.69) is 21.0 Å². The van der Waals surface area contributed by atoms with Gasteiger partial charge in [-0.1, -0.05) is 11.6 Å². The van der Waals surface area contributed by atoms with Gasteiger partial charge in [0.2, 0.25) is 0 Å². The number of ketones is 1. The number of hydrogen-bond donors (Lipinski definition) is 0. The Morgan fingerprint density at radius 2 is 2.21 bits per heavy atom. The van der Waals surface area contributed by atoms with Crippen LogP contribution in [0.3, 0.4) is 0 Å². The van der Waals surface area contributed by atoms with Crippen molar-refractivity contribution in [1.29, 1.82) is 0 Å². The normalized spacial score (nSPS) is 10.8. The summed E-state index contributed by atoms with van der Waals surface area (Å²) in [6.45, 7) is 1.83. The molecule has 1 heterocycles. The van der Waals surface area contributed by atoms with Crippen molar-refractivity contribution in [3.05, 3.63) is 50.5 Å². The number of rotatable bonds is 3. The third-order valence-electron chi connectivity index (χ3n) is 2.82. The van der Waals surface area contributed by atoms with E-state index < -0.39 is 5.82 Å². The highest BCUT2D eigenvalue weighted by atomic mass is 79.9. The zero-order valence-corrected chi connectivity index (χ0v) is 12.7. The molecule has 0 aliphatic carbocycles. The zero-order chi connectivity index (χ0) is 14.2. The quantitative estimate of drug-likeness (QED) is 0.795. The third kappa shape index (κ3) is 2.87. The minimum atomic E-state index is -0.604. The molecule has 2 rings (SSSR count). The molecule has 0 saturated heterocycles. The van der Waals surface area contributed by atoms with Gasteiger partial charge in [0.25, 0.3) is 0 Å². The van der Waals surface area contributed by atoms with Crippen LogP contribution in [0.5, 0.6) is 0 Å². The number of hydrogen-bond acceptors (Lipinski definition) is 2. The maximum Gasteiger partial charge on any atom is 0.171 e. The number of carbonyl (C=O) groups is 1. The largest absolute Gasteiger partial charge is 0.294 e. The molecular formula is C13H11BrClFN2O. The summed E-state index contributed by atoms with van der Waals surface area (Å²) in [5.41, 5.74) is 1.55. The standard InChI is InChI=1S/C13H11BrClFN2O/c1-7-13(14)11(18(2)17-7)6-12(19)9-4-3-8(15)5-10(9)16/h3-5H,6H2,1-2H3. The molecule has 0 N–H and O–H groups in total. The summed E-state index contributed by atoms with van der Waals surface area (Å²) in [6.07, 6.45) is 0.0798. The Morgan fingerprint density at radius 1 is 1.53 bits per heavy atom. The number of Topliss-reactive ketones (excluding diaryl/α,β-unsaturated/α-hetero) is 1.